The quantitative estimate of drug-likeness (QED) is 0.524. The van der Waals surface area contributed by atoms with Crippen molar-refractivity contribution >= 4 is 23.2 Å². The van der Waals surface area contributed by atoms with Crippen LogP contribution in [0.4, 0.5) is 0 Å². The third kappa shape index (κ3) is 2.20. The van der Waals surface area contributed by atoms with E-state index in [2.05, 4.69) is 0 Å². The lowest BCUT2D eigenvalue weighted by Gasteiger charge is -2.05. The van der Waals surface area contributed by atoms with Crippen LogP contribution in [-0.2, 0) is 4.79 Å². The number of carbonyl (C=O) groups is 1. The summed E-state index contributed by atoms with van der Waals surface area (Å²) in [5, 5.41) is 1.96. The van der Waals surface area contributed by atoms with Gasteiger partial charge in [0.1, 0.15) is 0 Å². The molecule has 3 heteroatoms. The molecular weight excluding hydrogens is 170 g/mol. The van der Waals surface area contributed by atoms with Gasteiger partial charge >= 0.3 is 0 Å². The average Bonchev–Trinajstić information content (AvgIpc) is 2.51. The number of hydrogen-bond donors (Lipinski definition) is 0. The van der Waals surface area contributed by atoms with Crippen molar-refractivity contribution in [1.29, 1.82) is 0 Å². The van der Waals surface area contributed by atoms with E-state index in [9.17, 15) is 4.79 Å². The van der Waals surface area contributed by atoms with Crippen LogP contribution in [0.5, 0.6) is 0 Å². The summed E-state index contributed by atoms with van der Waals surface area (Å²) in [4.78, 5) is 13.5. The van der Waals surface area contributed by atoms with Crippen LogP contribution in [0, 0.1) is 0 Å². The number of rotatable bonds is 3. The molecule has 2 nitrogen and oxygen atoms in total. The van der Waals surface area contributed by atoms with Crippen LogP contribution in [0.2, 0.25) is 0 Å². The molecule has 0 radical (unpaired) electrons. The smallest absolute Gasteiger partial charge is 0.152 e. The monoisotopic (exact) mass is 181 g/mol. The normalized spacial score (nSPS) is 11.3. The zero-order chi connectivity index (χ0) is 8.97. The second-order valence-corrected chi connectivity index (χ2v) is 3.59. The maximum atomic E-state index is 10.7. The average molecular weight is 181 g/mol. The summed E-state index contributed by atoms with van der Waals surface area (Å²) in [6, 6.07) is 3.88. The Morgan fingerprint density at radius 3 is 2.75 bits per heavy atom. The molecule has 0 aliphatic rings. The highest BCUT2D eigenvalue weighted by Crippen LogP contribution is 2.17. The Kier molecular flexibility index (Phi) is 3.05. The van der Waals surface area contributed by atoms with Crippen LogP contribution in [-0.4, -0.2) is 25.3 Å². The van der Waals surface area contributed by atoms with Gasteiger partial charge in [-0.25, -0.2) is 0 Å². The minimum Gasteiger partial charge on any atom is -0.383 e. The van der Waals surface area contributed by atoms with E-state index in [1.807, 2.05) is 42.7 Å². The van der Waals surface area contributed by atoms with Crippen LogP contribution >= 0.6 is 11.3 Å². The van der Waals surface area contributed by atoms with Gasteiger partial charge in [-0.1, -0.05) is 6.07 Å². The molecule has 12 heavy (non-hydrogen) atoms. The van der Waals surface area contributed by atoms with Gasteiger partial charge in [0, 0.05) is 30.7 Å². The van der Waals surface area contributed by atoms with E-state index in [4.69, 9.17) is 0 Å². The standard InChI is InChI=1S/C9H11NOS/c1-10(2)6-8(7-11)9-4-3-5-12-9/h3-7H,1-2H3/b8-6-. The fourth-order valence-corrected chi connectivity index (χ4v) is 1.57. The molecule has 0 saturated heterocycles. The van der Waals surface area contributed by atoms with E-state index in [-0.39, 0.29) is 0 Å². The number of carbonyl (C=O) groups excluding carboxylic acids is 1. The van der Waals surface area contributed by atoms with Gasteiger partial charge in [0.05, 0.1) is 0 Å². The molecule has 0 amide bonds. The van der Waals surface area contributed by atoms with Gasteiger partial charge in [-0.05, 0) is 11.4 Å². The Morgan fingerprint density at radius 2 is 2.33 bits per heavy atom. The van der Waals surface area contributed by atoms with Crippen molar-refractivity contribution in [3.63, 3.8) is 0 Å². The second kappa shape index (κ2) is 4.07. The Labute approximate surface area is 76.1 Å². The van der Waals surface area contributed by atoms with Gasteiger partial charge in [-0.2, -0.15) is 0 Å². The molecule has 0 saturated carbocycles. The van der Waals surface area contributed by atoms with E-state index in [0.717, 1.165) is 16.7 Å². The Bertz CT molecular complexity index is 275. The maximum Gasteiger partial charge on any atom is 0.152 e. The number of aldehydes is 1. The summed E-state index contributed by atoms with van der Waals surface area (Å²) in [6.45, 7) is 0. The third-order valence-electron chi connectivity index (χ3n) is 1.33. The summed E-state index contributed by atoms with van der Waals surface area (Å²) in [7, 11) is 3.80. The fraction of sp³-hybridized carbons (Fsp3) is 0.222. The predicted molar refractivity (Wildman–Crippen MR) is 52.0 cm³/mol. The number of nitrogens with zero attached hydrogens (tertiary/aromatic N) is 1. The predicted octanol–water partition coefficient (Wildman–Crippen LogP) is 1.85. The van der Waals surface area contributed by atoms with Crippen molar-refractivity contribution in [3.05, 3.63) is 28.6 Å². The largest absolute Gasteiger partial charge is 0.383 e. The third-order valence-corrected chi connectivity index (χ3v) is 2.25. The summed E-state index contributed by atoms with van der Waals surface area (Å²) in [5.41, 5.74) is 0.731. The molecule has 0 bridgehead atoms. The molecule has 64 valence electrons. The first-order valence-electron chi connectivity index (χ1n) is 3.61. The lowest BCUT2D eigenvalue weighted by atomic mass is 10.2. The molecular formula is C9H11NOS. The van der Waals surface area contributed by atoms with Crippen molar-refractivity contribution in [2.75, 3.05) is 14.1 Å². The Hall–Kier alpha value is -1.09. The first-order valence-corrected chi connectivity index (χ1v) is 4.49. The molecule has 0 aliphatic carbocycles. The second-order valence-electron chi connectivity index (χ2n) is 2.64. The van der Waals surface area contributed by atoms with Crippen molar-refractivity contribution in [2.45, 2.75) is 0 Å². The van der Waals surface area contributed by atoms with Crippen molar-refractivity contribution in [1.82, 2.24) is 4.90 Å². The molecule has 0 unspecified atom stereocenters. The number of thiophene rings is 1. The highest BCUT2D eigenvalue weighted by atomic mass is 32.1. The SMILES string of the molecule is CN(C)/C=C(/C=O)c1cccs1. The van der Waals surface area contributed by atoms with Gasteiger partial charge in [0.25, 0.3) is 0 Å². The molecule has 0 aromatic carbocycles. The molecule has 0 atom stereocenters. The van der Waals surface area contributed by atoms with Crippen molar-refractivity contribution in [2.24, 2.45) is 0 Å². The minimum absolute atomic E-state index is 0.731. The molecule has 0 fully saturated rings. The van der Waals surface area contributed by atoms with Crippen LogP contribution in [0.15, 0.2) is 23.7 Å². The highest BCUT2D eigenvalue weighted by Gasteiger charge is 2.00. The summed E-state index contributed by atoms with van der Waals surface area (Å²) in [6.07, 6.45) is 2.70. The van der Waals surface area contributed by atoms with Crippen LogP contribution < -0.4 is 0 Å². The maximum absolute atomic E-state index is 10.7. The summed E-state index contributed by atoms with van der Waals surface area (Å²) in [5.74, 6) is 0. The molecule has 0 N–H and O–H groups in total. The van der Waals surface area contributed by atoms with Crippen LogP contribution in [0.3, 0.4) is 0 Å². The molecule has 1 heterocycles. The van der Waals surface area contributed by atoms with Gasteiger partial charge in [0.15, 0.2) is 6.29 Å². The fourth-order valence-electron chi connectivity index (χ4n) is 0.873. The van der Waals surface area contributed by atoms with Gasteiger partial charge < -0.3 is 4.90 Å². The van der Waals surface area contributed by atoms with E-state index < -0.39 is 0 Å². The molecule has 0 spiro atoms. The first kappa shape index (κ1) is 9.00. The highest BCUT2D eigenvalue weighted by molar-refractivity contribution is 7.11. The van der Waals surface area contributed by atoms with E-state index in [1.54, 1.807) is 11.3 Å². The minimum atomic E-state index is 0.731. The topological polar surface area (TPSA) is 20.3 Å². The lowest BCUT2D eigenvalue weighted by molar-refractivity contribution is -0.103. The van der Waals surface area contributed by atoms with Crippen LogP contribution in [0.1, 0.15) is 4.88 Å². The van der Waals surface area contributed by atoms with Gasteiger partial charge in [-0.3, -0.25) is 4.79 Å². The molecule has 1 rings (SSSR count). The van der Waals surface area contributed by atoms with E-state index in [1.165, 1.54) is 0 Å². The first-order chi connectivity index (χ1) is 5.74. The van der Waals surface area contributed by atoms with Crippen LogP contribution in [0.25, 0.3) is 5.57 Å². The molecule has 1 aromatic rings. The lowest BCUT2D eigenvalue weighted by Crippen LogP contribution is -2.02. The number of allylic oxidation sites excluding steroid dienone is 1. The Balaban J connectivity index is 2.91. The Morgan fingerprint density at radius 1 is 1.58 bits per heavy atom. The van der Waals surface area contributed by atoms with Gasteiger partial charge in [0.2, 0.25) is 0 Å². The number of hydrogen-bond acceptors (Lipinski definition) is 3. The van der Waals surface area contributed by atoms with Crippen molar-refractivity contribution < 1.29 is 4.79 Å². The molecule has 0 aliphatic heterocycles. The zero-order valence-electron chi connectivity index (χ0n) is 7.15. The zero-order valence-corrected chi connectivity index (χ0v) is 7.97. The molecule has 1 aromatic heterocycles. The summed E-state index contributed by atoms with van der Waals surface area (Å²) >= 11 is 1.57. The van der Waals surface area contributed by atoms with E-state index >= 15 is 0 Å². The van der Waals surface area contributed by atoms with Gasteiger partial charge in [-0.15, -0.1) is 11.3 Å². The summed E-state index contributed by atoms with van der Waals surface area (Å²) < 4.78 is 0. The van der Waals surface area contributed by atoms with E-state index in [0.29, 0.717) is 0 Å². The van der Waals surface area contributed by atoms with Crippen molar-refractivity contribution in [3.8, 4) is 0 Å².